The van der Waals surface area contributed by atoms with Crippen LogP contribution in [0.5, 0.6) is 0 Å². The molecule has 2 bridgehead atoms. The molecular formula is C16H28N2O. The number of carbonyl (C=O) groups excluding carboxylic acids is 1. The molecule has 0 spiro atoms. The van der Waals surface area contributed by atoms with E-state index in [9.17, 15) is 4.79 Å². The largest absolute Gasteiger partial charge is 0.352 e. The number of carbonyl (C=O) groups is 1. The van der Waals surface area contributed by atoms with Crippen LogP contribution in [0.2, 0.25) is 0 Å². The lowest BCUT2D eigenvalue weighted by atomic mass is 9.84. The first-order valence-corrected chi connectivity index (χ1v) is 8.25. The number of amides is 1. The van der Waals surface area contributed by atoms with Crippen molar-refractivity contribution < 1.29 is 4.79 Å². The van der Waals surface area contributed by atoms with Crippen molar-refractivity contribution in [3.05, 3.63) is 0 Å². The molecule has 3 aliphatic rings. The van der Waals surface area contributed by atoms with Crippen LogP contribution in [0.1, 0.15) is 58.3 Å². The minimum absolute atomic E-state index is 0.196. The maximum atomic E-state index is 12.0. The quantitative estimate of drug-likeness (QED) is 0.801. The van der Waals surface area contributed by atoms with Gasteiger partial charge in [0.05, 0.1) is 6.54 Å². The summed E-state index contributed by atoms with van der Waals surface area (Å²) in [6.07, 6.45) is 10.7. The average molecular weight is 264 g/mol. The molecule has 0 aromatic rings. The Morgan fingerprint density at radius 3 is 2.58 bits per heavy atom. The van der Waals surface area contributed by atoms with Gasteiger partial charge in [0.2, 0.25) is 5.91 Å². The van der Waals surface area contributed by atoms with E-state index in [1.54, 1.807) is 0 Å². The highest BCUT2D eigenvalue weighted by Gasteiger charge is 2.42. The van der Waals surface area contributed by atoms with Gasteiger partial charge in [-0.25, -0.2) is 0 Å². The normalized spacial score (nSPS) is 35.7. The smallest absolute Gasteiger partial charge is 0.234 e. The molecule has 3 heteroatoms. The number of hydrogen-bond donors (Lipinski definition) is 2. The monoisotopic (exact) mass is 264 g/mol. The molecule has 19 heavy (non-hydrogen) atoms. The predicted molar refractivity (Wildman–Crippen MR) is 76.8 cm³/mol. The summed E-state index contributed by atoms with van der Waals surface area (Å²) in [7, 11) is 0. The lowest BCUT2D eigenvalue weighted by Gasteiger charge is -2.28. The first kappa shape index (κ1) is 13.4. The maximum Gasteiger partial charge on any atom is 0.234 e. The summed E-state index contributed by atoms with van der Waals surface area (Å²) in [6, 6.07) is 0.955. The van der Waals surface area contributed by atoms with Gasteiger partial charge in [-0.3, -0.25) is 4.79 Å². The fourth-order valence-corrected chi connectivity index (χ4v) is 4.69. The van der Waals surface area contributed by atoms with Crippen LogP contribution in [-0.4, -0.2) is 24.5 Å². The molecule has 3 saturated carbocycles. The summed E-state index contributed by atoms with van der Waals surface area (Å²) >= 11 is 0. The summed E-state index contributed by atoms with van der Waals surface area (Å²) in [5.74, 6) is 2.80. The average Bonchev–Trinajstić information content (AvgIpc) is 3.13. The third-order valence-corrected chi connectivity index (χ3v) is 5.73. The molecule has 108 valence electrons. The summed E-state index contributed by atoms with van der Waals surface area (Å²) in [5, 5.41) is 6.63. The molecule has 3 rings (SSSR count). The van der Waals surface area contributed by atoms with E-state index in [0.29, 0.717) is 18.6 Å². The van der Waals surface area contributed by atoms with E-state index in [0.717, 1.165) is 17.8 Å². The second kappa shape index (κ2) is 5.82. The molecule has 0 radical (unpaired) electrons. The Labute approximate surface area is 116 Å². The van der Waals surface area contributed by atoms with Crippen LogP contribution in [0.25, 0.3) is 0 Å². The molecule has 4 atom stereocenters. The van der Waals surface area contributed by atoms with Crippen molar-refractivity contribution in [2.24, 2.45) is 17.8 Å². The van der Waals surface area contributed by atoms with Crippen LogP contribution in [0, 0.1) is 17.8 Å². The summed E-state index contributed by atoms with van der Waals surface area (Å²) in [5.41, 5.74) is 0. The predicted octanol–water partition coefficient (Wildman–Crippen LogP) is 2.46. The fraction of sp³-hybridized carbons (Fsp3) is 0.938. The van der Waals surface area contributed by atoms with E-state index in [1.165, 1.54) is 51.4 Å². The standard InChI is InChI=1S/C16H28N2O/c1-11(15-9-12-6-7-13(15)8-12)18-16(19)10-17-14-4-2-3-5-14/h11-15,17H,2-10H2,1H3,(H,18,19). The van der Waals surface area contributed by atoms with E-state index in [4.69, 9.17) is 0 Å². The SMILES string of the molecule is CC(NC(=O)CNC1CCCC1)C1CC2CCC1C2. The Balaban J connectivity index is 1.39. The summed E-state index contributed by atoms with van der Waals surface area (Å²) < 4.78 is 0. The zero-order valence-electron chi connectivity index (χ0n) is 12.2. The van der Waals surface area contributed by atoms with Gasteiger partial charge in [0.25, 0.3) is 0 Å². The van der Waals surface area contributed by atoms with Crippen molar-refractivity contribution in [3.63, 3.8) is 0 Å². The van der Waals surface area contributed by atoms with Gasteiger partial charge in [-0.15, -0.1) is 0 Å². The molecule has 0 aliphatic heterocycles. The molecule has 0 aromatic heterocycles. The van der Waals surface area contributed by atoms with Gasteiger partial charge in [-0.2, -0.15) is 0 Å². The van der Waals surface area contributed by atoms with Gasteiger partial charge in [0, 0.05) is 12.1 Å². The Morgan fingerprint density at radius 1 is 1.16 bits per heavy atom. The molecule has 4 unspecified atom stereocenters. The van der Waals surface area contributed by atoms with E-state index < -0.39 is 0 Å². The topological polar surface area (TPSA) is 41.1 Å². The Hall–Kier alpha value is -0.570. The van der Waals surface area contributed by atoms with Crippen molar-refractivity contribution >= 4 is 5.91 Å². The first-order chi connectivity index (χ1) is 9.22. The van der Waals surface area contributed by atoms with Crippen LogP contribution < -0.4 is 10.6 Å². The minimum atomic E-state index is 0.196. The molecule has 1 amide bonds. The molecule has 2 N–H and O–H groups in total. The van der Waals surface area contributed by atoms with Crippen molar-refractivity contribution in [1.29, 1.82) is 0 Å². The van der Waals surface area contributed by atoms with E-state index in [2.05, 4.69) is 17.6 Å². The molecule has 0 heterocycles. The third kappa shape index (κ3) is 3.13. The van der Waals surface area contributed by atoms with Gasteiger partial charge >= 0.3 is 0 Å². The highest BCUT2D eigenvalue weighted by Crippen LogP contribution is 2.49. The lowest BCUT2D eigenvalue weighted by molar-refractivity contribution is -0.121. The molecule has 3 fully saturated rings. The van der Waals surface area contributed by atoms with E-state index in [1.807, 2.05) is 0 Å². The first-order valence-electron chi connectivity index (χ1n) is 8.25. The van der Waals surface area contributed by atoms with Crippen LogP contribution in [0.3, 0.4) is 0 Å². The van der Waals surface area contributed by atoms with Gasteiger partial charge in [-0.05, 0) is 56.8 Å². The van der Waals surface area contributed by atoms with Crippen LogP contribution in [-0.2, 0) is 4.79 Å². The highest BCUT2D eigenvalue weighted by atomic mass is 16.2. The maximum absolute atomic E-state index is 12.0. The second-order valence-corrected chi connectivity index (χ2v) is 7.06. The number of nitrogens with one attached hydrogen (secondary N) is 2. The van der Waals surface area contributed by atoms with Gasteiger partial charge in [0.1, 0.15) is 0 Å². The summed E-state index contributed by atoms with van der Waals surface area (Å²) in [4.78, 5) is 12.0. The van der Waals surface area contributed by atoms with Gasteiger partial charge in [-0.1, -0.05) is 19.3 Å². The van der Waals surface area contributed by atoms with Crippen LogP contribution in [0.4, 0.5) is 0 Å². The van der Waals surface area contributed by atoms with Crippen molar-refractivity contribution in [3.8, 4) is 0 Å². The number of fused-ring (bicyclic) bond motifs is 2. The van der Waals surface area contributed by atoms with Crippen molar-refractivity contribution in [2.45, 2.75) is 70.4 Å². The van der Waals surface area contributed by atoms with E-state index in [-0.39, 0.29) is 5.91 Å². The Bertz CT molecular complexity index is 325. The van der Waals surface area contributed by atoms with Crippen LogP contribution >= 0.6 is 0 Å². The fourth-order valence-electron chi connectivity index (χ4n) is 4.69. The molecule has 3 aliphatic carbocycles. The van der Waals surface area contributed by atoms with Crippen LogP contribution in [0.15, 0.2) is 0 Å². The van der Waals surface area contributed by atoms with Gasteiger partial charge in [0.15, 0.2) is 0 Å². The number of hydrogen-bond acceptors (Lipinski definition) is 2. The Kier molecular flexibility index (Phi) is 4.11. The van der Waals surface area contributed by atoms with Gasteiger partial charge < -0.3 is 10.6 Å². The minimum Gasteiger partial charge on any atom is -0.352 e. The third-order valence-electron chi connectivity index (χ3n) is 5.73. The molecule has 0 saturated heterocycles. The highest BCUT2D eigenvalue weighted by molar-refractivity contribution is 5.78. The summed E-state index contributed by atoms with van der Waals surface area (Å²) in [6.45, 7) is 2.72. The molecule has 3 nitrogen and oxygen atoms in total. The Morgan fingerprint density at radius 2 is 1.95 bits per heavy atom. The second-order valence-electron chi connectivity index (χ2n) is 7.06. The molecular weight excluding hydrogens is 236 g/mol. The lowest BCUT2D eigenvalue weighted by Crippen LogP contribution is -2.45. The number of rotatable bonds is 5. The van der Waals surface area contributed by atoms with Crippen molar-refractivity contribution in [2.75, 3.05) is 6.54 Å². The zero-order chi connectivity index (χ0) is 13.2. The zero-order valence-corrected chi connectivity index (χ0v) is 12.2. The van der Waals surface area contributed by atoms with Crippen molar-refractivity contribution in [1.82, 2.24) is 10.6 Å². The molecule has 0 aromatic carbocycles. The van der Waals surface area contributed by atoms with E-state index >= 15 is 0 Å².